The number of carbonyl (C=O) groups excluding carboxylic acids is 2. The van der Waals surface area contributed by atoms with Gasteiger partial charge in [-0.3, -0.25) is 13.9 Å². The Hall–Kier alpha value is -4.06. The van der Waals surface area contributed by atoms with E-state index in [0.717, 1.165) is 48.9 Å². The predicted molar refractivity (Wildman–Crippen MR) is 188 cm³/mol. The van der Waals surface area contributed by atoms with Gasteiger partial charge in [0.05, 0.1) is 26.2 Å². The van der Waals surface area contributed by atoms with Crippen LogP contribution in [0.25, 0.3) is 0 Å². The van der Waals surface area contributed by atoms with Crippen LogP contribution in [0.1, 0.15) is 47.9 Å². The first kappa shape index (κ1) is 37.2. The summed E-state index contributed by atoms with van der Waals surface area (Å²) in [7, 11) is -4.59. The van der Waals surface area contributed by atoms with Crippen molar-refractivity contribution < 1.29 is 31.2 Å². The van der Waals surface area contributed by atoms with Gasteiger partial charge in [0, 0.05) is 19.0 Å². The molecule has 1 saturated carbocycles. The summed E-state index contributed by atoms with van der Waals surface area (Å²) in [4.78, 5) is 29.8. The van der Waals surface area contributed by atoms with E-state index in [9.17, 15) is 31.2 Å². The Morgan fingerprint density at radius 2 is 1.54 bits per heavy atom. The van der Waals surface area contributed by atoms with E-state index < -0.39 is 46.2 Å². The number of sulfonamides is 1. The normalized spacial score (nSPS) is 14.3. The van der Waals surface area contributed by atoms with Gasteiger partial charge in [0.1, 0.15) is 12.6 Å². The molecule has 1 N–H and O–H groups in total. The Balaban J connectivity index is 1.61. The molecule has 0 radical (unpaired) electrons. The van der Waals surface area contributed by atoms with Crippen molar-refractivity contribution in [2.75, 3.05) is 10.8 Å². The SMILES string of the molecule is Cc1ccc(S(=O)(=O)N(CC(=O)N(Cc2ccc(Cl)c(Cl)c2)C(Cc2ccccc2)C(=O)NC2CCCC2)c2cccc(C(F)(F)F)c2)cc1. The first-order valence-corrected chi connectivity index (χ1v) is 18.3. The van der Waals surface area contributed by atoms with E-state index in [1.54, 1.807) is 49.4 Å². The lowest BCUT2D eigenvalue weighted by molar-refractivity contribution is -0.140. The van der Waals surface area contributed by atoms with E-state index in [1.165, 1.54) is 23.1 Å². The maximum Gasteiger partial charge on any atom is 0.416 e. The summed E-state index contributed by atoms with van der Waals surface area (Å²) in [5.41, 5.74) is 0.561. The first-order valence-electron chi connectivity index (χ1n) is 16.1. The number of anilines is 1. The number of aryl methyl sites for hydroxylation is 1. The molecule has 0 bridgehead atoms. The lowest BCUT2D eigenvalue weighted by Crippen LogP contribution is -2.54. The minimum Gasteiger partial charge on any atom is -0.352 e. The zero-order valence-corrected chi connectivity index (χ0v) is 29.5. The molecular weight excluding hydrogens is 710 g/mol. The molecule has 0 spiro atoms. The lowest BCUT2D eigenvalue weighted by atomic mass is 10.0. The molecule has 264 valence electrons. The maximum absolute atomic E-state index is 14.6. The van der Waals surface area contributed by atoms with Crippen LogP contribution in [-0.4, -0.2) is 43.8 Å². The summed E-state index contributed by atoms with van der Waals surface area (Å²) in [5.74, 6) is -1.24. The van der Waals surface area contributed by atoms with E-state index in [-0.39, 0.29) is 39.6 Å². The molecule has 0 aliphatic heterocycles. The quantitative estimate of drug-likeness (QED) is 0.158. The lowest BCUT2D eigenvalue weighted by Gasteiger charge is -2.34. The standard InChI is InChI=1S/C37H36Cl2F3N3O4S/c1-25-14-17-31(18-15-25)50(48,49)45(30-13-7-10-28(22-30)37(40,41)42)24-35(46)44(23-27-16-19-32(38)33(39)20-27)34(21-26-8-3-2-4-9-26)36(47)43-29-11-5-6-12-29/h2-4,7-10,13-20,22,29,34H,5-6,11-12,21,23-24H2,1H3,(H,43,47). The molecule has 50 heavy (non-hydrogen) atoms. The summed E-state index contributed by atoms with van der Waals surface area (Å²) < 4.78 is 70.6. The van der Waals surface area contributed by atoms with Crippen molar-refractivity contribution in [3.8, 4) is 0 Å². The van der Waals surface area contributed by atoms with Gasteiger partial charge in [-0.1, -0.05) is 96.2 Å². The van der Waals surface area contributed by atoms with Gasteiger partial charge in [-0.2, -0.15) is 13.2 Å². The third-order valence-electron chi connectivity index (χ3n) is 8.66. The third-order valence-corrected chi connectivity index (χ3v) is 11.2. The van der Waals surface area contributed by atoms with Crippen LogP contribution >= 0.6 is 23.2 Å². The number of carbonyl (C=O) groups is 2. The highest BCUT2D eigenvalue weighted by Crippen LogP contribution is 2.34. The molecule has 1 atom stereocenters. The highest BCUT2D eigenvalue weighted by Gasteiger charge is 2.37. The number of nitrogens with one attached hydrogen (secondary N) is 1. The zero-order chi connectivity index (χ0) is 36.1. The monoisotopic (exact) mass is 745 g/mol. The molecular formula is C37H36Cl2F3N3O4S. The Morgan fingerprint density at radius 1 is 0.860 bits per heavy atom. The molecule has 0 aromatic heterocycles. The minimum atomic E-state index is -4.78. The molecule has 7 nitrogen and oxygen atoms in total. The molecule has 2 amide bonds. The largest absolute Gasteiger partial charge is 0.416 e. The van der Waals surface area contributed by atoms with Gasteiger partial charge in [-0.05, 0) is 73.4 Å². The van der Waals surface area contributed by atoms with Crippen LogP contribution in [0.4, 0.5) is 18.9 Å². The van der Waals surface area contributed by atoms with Crippen LogP contribution < -0.4 is 9.62 Å². The Labute approximate surface area is 300 Å². The fraction of sp³-hybridized carbons (Fsp3) is 0.297. The fourth-order valence-corrected chi connectivity index (χ4v) is 7.69. The smallest absolute Gasteiger partial charge is 0.352 e. The van der Waals surface area contributed by atoms with Gasteiger partial charge >= 0.3 is 6.18 Å². The van der Waals surface area contributed by atoms with Crippen LogP contribution in [0.2, 0.25) is 10.0 Å². The summed E-state index contributed by atoms with van der Waals surface area (Å²) >= 11 is 12.5. The van der Waals surface area contributed by atoms with E-state index in [1.807, 2.05) is 18.2 Å². The van der Waals surface area contributed by atoms with Crippen LogP contribution in [0.5, 0.6) is 0 Å². The van der Waals surface area contributed by atoms with Crippen molar-refractivity contribution in [2.45, 2.75) is 68.7 Å². The summed E-state index contributed by atoms with van der Waals surface area (Å²) in [6, 6.07) is 22.1. The number of benzene rings is 4. The van der Waals surface area contributed by atoms with Crippen LogP contribution in [0.3, 0.4) is 0 Å². The van der Waals surface area contributed by atoms with Crippen molar-refractivity contribution >= 4 is 50.7 Å². The fourth-order valence-electron chi connectivity index (χ4n) is 5.96. The van der Waals surface area contributed by atoms with Crippen molar-refractivity contribution in [3.63, 3.8) is 0 Å². The molecule has 4 aromatic carbocycles. The van der Waals surface area contributed by atoms with E-state index in [0.29, 0.717) is 15.9 Å². The molecule has 5 rings (SSSR count). The summed E-state index contributed by atoms with van der Waals surface area (Å²) in [6.45, 7) is 0.683. The number of nitrogens with zero attached hydrogens (tertiary/aromatic N) is 2. The number of hydrogen-bond acceptors (Lipinski definition) is 4. The van der Waals surface area contributed by atoms with Crippen molar-refractivity contribution in [3.05, 3.63) is 129 Å². The number of amides is 2. The minimum absolute atomic E-state index is 0.0841. The Bertz CT molecular complexity index is 1920. The Morgan fingerprint density at radius 3 is 2.18 bits per heavy atom. The van der Waals surface area contributed by atoms with Gasteiger partial charge < -0.3 is 10.2 Å². The van der Waals surface area contributed by atoms with Gasteiger partial charge in [0.15, 0.2) is 0 Å². The molecule has 13 heteroatoms. The maximum atomic E-state index is 14.6. The average Bonchev–Trinajstić information content (AvgIpc) is 3.60. The number of halogens is 5. The average molecular weight is 747 g/mol. The molecule has 0 saturated heterocycles. The van der Waals surface area contributed by atoms with E-state index in [4.69, 9.17) is 23.2 Å². The molecule has 1 aliphatic carbocycles. The van der Waals surface area contributed by atoms with Gasteiger partial charge in [-0.15, -0.1) is 0 Å². The molecule has 1 aliphatic rings. The highest BCUT2D eigenvalue weighted by atomic mass is 35.5. The van der Waals surface area contributed by atoms with Crippen LogP contribution in [0, 0.1) is 6.92 Å². The Kier molecular flexibility index (Phi) is 11.8. The zero-order valence-electron chi connectivity index (χ0n) is 27.2. The highest BCUT2D eigenvalue weighted by molar-refractivity contribution is 7.92. The molecule has 4 aromatic rings. The van der Waals surface area contributed by atoms with Gasteiger partial charge in [-0.25, -0.2) is 8.42 Å². The van der Waals surface area contributed by atoms with Gasteiger partial charge in [0.25, 0.3) is 10.0 Å². The predicted octanol–water partition coefficient (Wildman–Crippen LogP) is 8.21. The van der Waals surface area contributed by atoms with Crippen molar-refractivity contribution in [2.24, 2.45) is 0 Å². The number of rotatable bonds is 12. The van der Waals surface area contributed by atoms with E-state index in [2.05, 4.69) is 5.32 Å². The van der Waals surface area contributed by atoms with Crippen molar-refractivity contribution in [1.82, 2.24) is 10.2 Å². The number of hydrogen-bond donors (Lipinski definition) is 1. The second-order valence-electron chi connectivity index (χ2n) is 12.3. The molecule has 1 unspecified atom stereocenters. The molecule has 1 fully saturated rings. The number of alkyl halides is 3. The van der Waals surface area contributed by atoms with Crippen LogP contribution in [0.15, 0.2) is 102 Å². The summed E-state index contributed by atoms with van der Waals surface area (Å²) in [6.07, 6.45) is -1.24. The van der Waals surface area contributed by atoms with Gasteiger partial charge in [0.2, 0.25) is 11.8 Å². The summed E-state index contributed by atoms with van der Waals surface area (Å²) in [5, 5.41) is 3.55. The second-order valence-corrected chi connectivity index (χ2v) is 15.0. The molecule has 0 heterocycles. The van der Waals surface area contributed by atoms with E-state index >= 15 is 0 Å². The second kappa shape index (κ2) is 15.9. The van der Waals surface area contributed by atoms with Crippen molar-refractivity contribution in [1.29, 1.82) is 0 Å². The topological polar surface area (TPSA) is 86.8 Å². The van der Waals surface area contributed by atoms with Crippen LogP contribution in [-0.2, 0) is 38.8 Å². The third kappa shape index (κ3) is 9.18. The first-order chi connectivity index (χ1) is 23.7.